The van der Waals surface area contributed by atoms with E-state index in [0.717, 1.165) is 5.56 Å². The molecule has 0 spiro atoms. The van der Waals surface area contributed by atoms with Gasteiger partial charge in [0, 0.05) is 13.0 Å². The molecule has 0 unspecified atom stereocenters. The van der Waals surface area contributed by atoms with Gasteiger partial charge < -0.3 is 10.0 Å². The van der Waals surface area contributed by atoms with Gasteiger partial charge in [-0.15, -0.1) is 0 Å². The van der Waals surface area contributed by atoms with E-state index >= 15 is 0 Å². The van der Waals surface area contributed by atoms with Gasteiger partial charge in [-0.2, -0.15) is 0 Å². The molecule has 1 rings (SSSR count). The van der Waals surface area contributed by atoms with Crippen LogP contribution in [0.2, 0.25) is 0 Å². The van der Waals surface area contributed by atoms with Gasteiger partial charge in [-0.3, -0.25) is 9.59 Å². The maximum absolute atomic E-state index is 11.9. The number of carbonyl (C=O) groups excluding carboxylic acids is 1. The molecule has 4 heteroatoms. The molecule has 1 amide bonds. The predicted octanol–water partition coefficient (Wildman–Crippen LogP) is 2.68. The molecule has 0 saturated heterocycles. The summed E-state index contributed by atoms with van der Waals surface area (Å²) in [5.41, 5.74) is 2.38. The molecule has 0 radical (unpaired) electrons. The number of hydrogen-bond acceptors (Lipinski definition) is 2. The van der Waals surface area contributed by atoms with E-state index in [4.69, 9.17) is 5.11 Å². The maximum atomic E-state index is 11.9. The van der Waals surface area contributed by atoms with Gasteiger partial charge in [0.25, 0.3) is 0 Å². The summed E-state index contributed by atoms with van der Waals surface area (Å²) in [6.07, 6.45) is 0.996. The molecular weight excluding hydrogens is 254 g/mol. The summed E-state index contributed by atoms with van der Waals surface area (Å²) in [6.45, 7) is 6.28. The SMILES string of the molecule is CCN(CC(=O)O)C(=O)CCc1ccc(C(C)C)cc1. The fourth-order valence-electron chi connectivity index (χ4n) is 2.02. The Morgan fingerprint density at radius 1 is 1.20 bits per heavy atom. The number of likely N-dealkylation sites (N-methyl/N-ethyl adjacent to an activating group) is 1. The van der Waals surface area contributed by atoms with Crippen molar-refractivity contribution in [2.24, 2.45) is 0 Å². The Bertz CT molecular complexity index is 451. The van der Waals surface area contributed by atoms with Gasteiger partial charge in [0.2, 0.25) is 5.91 Å². The summed E-state index contributed by atoms with van der Waals surface area (Å²) in [5, 5.41) is 8.74. The lowest BCUT2D eigenvalue weighted by Crippen LogP contribution is -2.35. The molecule has 4 nitrogen and oxygen atoms in total. The van der Waals surface area contributed by atoms with Crippen LogP contribution in [0.15, 0.2) is 24.3 Å². The number of carboxylic acids is 1. The van der Waals surface area contributed by atoms with Crippen LogP contribution in [-0.4, -0.2) is 35.0 Å². The monoisotopic (exact) mass is 277 g/mol. The van der Waals surface area contributed by atoms with E-state index in [2.05, 4.69) is 26.0 Å². The van der Waals surface area contributed by atoms with Gasteiger partial charge >= 0.3 is 5.97 Å². The lowest BCUT2D eigenvalue weighted by molar-refractivity contribution is -0.144. The topological polar surface area (TPSA) is 57.6 Å². The summed E-state index contributed by atoms with van der Waals surface area (Å²) >= 11 is 0. The van der Waals surface area contributed by atoms with Gasteiger partial charge in [0.15, 0.2) is 0 Å². The van der Waals surface area contributed by atoms with Crippen LogP contribution >= 0.6 is 0 Å². The van der Waals surface area contributed by atoms with Crippen LogP contribution in [0.25, 0.3) is 0 Å². The second kappa shape index (κ2) is 7.68. The second-order valence-electron chi connectivity index (χ2n) is 5.20. The number of amides is 1. The average molecular weight is 277 g/mol. The summed E-state index contributed by atoms with van der Waals surface area (Å²) in [7, 11) is 0. The number of nitrogens with zero attached hydrogens (tertiary/aromatic N) is 1. The molecule has 1 aromatic carbocycles. The van der Waals surface area contributed by atoms with Gasteiger partial charge in [-0.1, -0.05) is 38.1 Å². The van der Waals surface area contributed by atoms with Crippen LogP contribution in [0, 0.1) is 0 Å². The van der Waals surface area contributed by atoms with Crippen LogP contribution in [0.5, 0.6) is 0 Å². The third-order valence-electron chi connectivity index (χ3n) is 3.33. The zero-order chi connectivity index (χ0) is 15.1. The second-order valence-corrected chi connectivity index (χ2v) is 5.20. The Labute approximate surface area is 120 Å². The Balaban J connectivity index is 2.53. The summed E-state index contributed by atoms with van der Waals surface area (Å²) in [4.78, 5) is 23.9. The Morgan fingerprint density at radius 3 is 2.25 bits per heavy atom. The van der Waals surface area contributed by atoms with E-state index in [1.807, 2.05) is 12.1 Å². The zero-order valence-corrected chi connectivity index (χ0v) is 12.4. The Morgan fingerprint density at radius 2 is 1.80 bits per heavy atom. The lowest BCUT2D eigenvalue weighted by Gasteiger charge is -2.18. The summed E-state index contributed by atoms with van der Waals surface area (Å²) in [6, 6.07) is 8.24. The van der Waals surface area contributed by atoms with Crippen LogP contribution in [0.4, 0.5) is 0 Å². The highest BCUT2D eigenvalue weighted by molar-refractivity contribution is 5.81. The molecule has 1 aromatic rings. The molecule has 110 valence electrons. The highest BCUT2D eigenvalue weighted by Gasteiger charge is 2.14. The molecule has 0 fully saturated rings. The van der Waals surface area contributed by atoms with Crippen LogP contribution in [-0.2, 0) is 16.0 Å². The van der Waals surface area contributed by atoms with Crippen molar-refractivity contribution in [3.63, 3.8) is 0 Å². The van der Waals surface area contributed by atoms with Crippen molar-refractivity contribution in [3.8, 4) is 0 Å². The minimum Gasteiger partial charge on any atom is -0.480 e. The molecule has 0 aliphatic carbocycles. The number of aryl methyl sites for hydroxylation is 1. The van der Waals surface area contributed by atoms with Gasteiger partial charge in [-0.25, -0.2) is 0 Å². The van der Waals surface area contributed by atoms with Crippen LogP contribution in [0.3, 0.4) is 0 Å². The summed E-state index contributed by atoms with van der Waals surface area (Å²) in [5.74, 6) is -0.582. The number of benzene rings is 1. The minimum atomic E-state index is -0.971. The van der Waals surface area contributed by atoms with Crippen molar-refractivity contribution >= 4 is 11.9 Å². The maximum Gasteiger partial charge on any atom is 0.323 e. The zero-order valence-electron chi connectivity index (χ0n) is 12.4. The van der Waals surface area contributed by atoms with E-state index in [1.165, 1.54) is 10.5 Å². The van der Waals surface area contributed by atoms with Crippen molar-refractivity contribution in [1.29, 1.82) is 0 Å². The van der Waals surface area contributed by atoms with Crippen molar-refractivity contribution in [3.05, 3.63) is 35.4 Å². The number of aliphatic carboxylic acids is 1. The third kappa shape index (κ3) is 5.03. The third-order valence-corrected chi connectivity index (χ3v) is 3.33. The Kier molecular flexibility index (Phi) is 6.22. The molecule has 0 saturated carbocycles. The Hall–Kier alpha value is -1.84. The molecule has 1 N–H and O–H groups in total. The van der Waals surface area contributed by atoms with E-state index in [-0.39, 0.29) is 12.5 Å². The van der Waals surface area contributed by atoms with Gasteiger partial charge in [-0.05, 0) is 30.4 Å². The number of hydrogen-bond donors (Lipinski definition) is 1. The molecule has 20 heavy (non-hydrogen) atoms. The van der Waals surface area contributed by atoms with Crippen molar-refractivity contribution in [2.75, 3.05) is 13.1 Å². The lowest BCUT2D eigenvalue weighted by atomic mass is 10.0. The number of carboxylic acid groups (broad SMARTS) is 1. The first-order valence-electron chi connectivity index (χ1n) is 7.02. The normalized spacial score (nSPS) is 10.6. The highest BCUT2D eigenvalue weighted by atomic mass is 16.4. The van der Waals surface area contributed by atoms with Crippen molar-refractivity contribution < 1.29 is 14.7 Å². The highest BCUT2D eigenvalue weighted by Crippen LogP contribution is 2.15. The van der Waals surface area contributed by atoms with Gasteiger partial charge in [0.05, 0.1) is 0 Å². The predicted molar refractivity (Wildman–Crippen MR) is 78.7 cm³/mol. The quantitative estimate of drug-likeness (QED) is 0.833. The molecule has 0 aliphatic rings. The van der Waals surface area contributed by atoms with Crippen molar-refractivity contribution in [2.45, 2.75) is 39.5 Å². The largest absolute Gasteiger partial charge is 0.480 e. The number of carbonyl (C=O) groups is 2. The average Bonchev–Trinajstić information content (AvgIpc) is 2.42. The fraction of sp³-hybridized carbons (Fsp3) is 0.500. The van der Waals surface area contributed by atoms with Crippen LogP contribution in [0.1, 0.15) is 44.2 Å². The van der Waals surface area contributed by atoms with E-state index in [9.17, 15) is 9.59 Å². The van der Waals surface area contributed by atoms with Gasteiger partial charge in [0.1, 0.15) is 6.54 Å². The van der Waals surface area contributed by atoms with E-state index in [0.29, 0.717) is 25.3 Å². The van der Waals surface area contributed by atoms with Crippen molar-refractivity contribution in [1.82, 2.24) is 4.90 Å². The first kappa shape index (κ1) is 16.2. The fourth-order valence-corrected chi connectivity index (χ4v) is 2.02. The molecule has 0 heterocycles. The minimum absolute atomic E-state index is 0.108. The number of rotatable bonds is 7. The van der Waals surface area contributed by atoms with E-state index < -0.39 is 5.97 Å². The first-order chi connectivity index (χ1) is 9.43. The molecular formula is C16H23NO3. The molecule has 0 aromatic heterocycles. The van der Waals surface area contributed by atoms with Crippen LogP contribution < -0.4 is 0 Å². The van der Waals surface area contributed by atoms with E-state index in [1.54, 1.807) is 6.92 Å². The standard InChI is InChI=1S/C16H23NO3/c1-4-17(11-16(19)20)15(18)10-7-13-5-8-14(9-6-13)12(2)3/h5-6,8-9,12H,4,7,10-11H2,1-3H3,(H,19,20). The molecule has 0 atom stereocenters. The molecule has 0 bridgehead atoms. The smallest absolute Gasteiger partial charge is 0.323 e. The first-order valence-corrected chi connectivity index (χ1v) is 7.02. The summed E-state index contributed by atoms with van der Waals surface area (Å²) < 4.78 is 0. The molecule has 0 aliphatic heterocycles.